The Hall–Kier alpha value is -1.73. The van der Waals surface area contributed by atoms with Gasteiger partial charge in [0.1, 0.15) is 17.1 Å². The van der Waals surface area contributed by atoms with E-state index in [2.05, 4.69) is 15.3 Å². The van der Waals surface area contributed by atoms with E-state index >= 15 is 0 Å². The lowest BCUT2D eigenvalue weighted by Crippen LogP contribution is -2.34. The Labute approximate surface area is 108 Å². The van der Waals surface area contributed by atoms with Crippen LogP contribution >= 0.6 is 0 Å². The number of halogens is 3. The molecule has 1 unspecified atom stereocenters. The summed E-state index contributed by atoms with van der Waals surface area (Å²) in [5, 5.41) is 2.40. The third-order valence-electron chi connectivity index (χ3n) is 2.04. The molecule has 0 saturated carbocycles. The summed E-state index contributed by atoms with van der Waals surface area (Å²) in [6.07, 6.45) is -4.52. The van der Waals surface area contributed by atoms with Gasteiger partial charge in [0.25, 0.3) is 0 Å². The SMILES string of the molecule is CC(NC(=O)OC(C)(C)C)c1ncc(C(F)(F)F)[nH]1. The molecule has 2 N–H and O–H groups in total. The van der Waals surface area contributed by atoms with Crippen molar-refractivity contribution in [2.24, 2.45) is 0 Å². The zero-order valence-corrected chi connectivity index (χ0v) is 11.1. The van der Waals surface area contributed by atoms with Crippen LogP contribution in [0.3, 0.4) is 0 Å². The molecule has 0 saturated heterocycles. The number of nitrogens with zero attached hydrogens (tertiary/aromatic N) is 1. The average molecular weight is 279 g/mol. The van der Waals surface area contributed by atoms with Crippen LogP contribution in [0.25, 0.3) is 0 Å². The lowest BCUT2D eigenvalue weighted by Gasteiger charge is -2.21. The Bertz CT molecular complexity index is 449. The highest BCUT2D eigenvalue weighted by molar-refractivity contribution is 5.68. The van der Waals surface area contributed by atoms with Gasteiger partial charge in [-0.1, -0.05) is 0 Å². The third-order valence-corrected chi connectivity index (χ3v) is 2.04. The largest absolute Gasteiger partial charge is 0.444 e. The Morgan fingerprint density at radius 3 is 2.42 bits per heavy atom. The summed E-state index contributed by atoms with van der Waals surface area (Å²) in [5.41, 5.74) is -1.63. The van der Waals surface area contributed by atoms with Gasteiger partial charge >= 0.3 is 12.3 Å². The van der Waals surface area contributed by atoms with Crippen LogP contribution in [0, 0.1) is 0 Å². The Morgan fingerprint density at radius 2 is 2.00 bits per heavy atom. The van der Waals surface area contributed by atoms with Gasteiger partial charge in [-0.15, -0.1) is 0 Å². The van der Waals surface area contributed by atoms with Gasteiger partial charge in [0, 0.05) is 0 Å². The second-order valence-corrected chi connectivity index (χ2v) is 5.05. The van der Waals surface area contributed by atoms with Crippen LogP contribution < -0.4 is 5.32 Å². The zero-order valence-electron chi connectivity index (χ0n) is 11.1. The topological polar surface area (TPSA) is 67.0 Å². The van der Waals surface area contributed by atoms with Gasteiger partial charge in [0.2, 0.25) is 0 Å². The highest BCUT2D eigenvalue weighted by atomic mass is 19.4. The fourth-order valence-electron chi connectivity index (χ4n) is 1.25. The van der Waals surface area contributed by atoms with E-state index in [0.717, 1.165) is 0 Å². The van der Waals surface area contributed by atoms with Gasteiger partial charge in [-0.25, -0.2) is 9.78 Å². The van der Waals surface area contributed by atoms with E-state index in [0.29, 0.717) is 6.20 Å². The quantitative estimate of drug-likeness (QED) is 0.874. The number of amides is 1. The smallest absolute Gasteiger partial charge is 0.432 e. The molecule has 19 heavy (non-hydrogen) atoms. The number of imidazole rings is 1. The standard InChI is InChI=1S/C11H16F3N3O2/c1-6(16-9(18)19-10(2,3)4)8-15-5-7(17-8)11(12,13)14/h5-6H,1-4H3,(H,15,17)(H,16,18). The van der Waals surface area contributed by atoms with Gasteiger partial charge < -0.3 is 15.0 Å². The number of hydrogen-bond donors (Lipinski definition) is 2. The van der Waals surface area contributed by atoms with Crippen LogP contribution in [0.4, 0.5) is 18.0 Å². The van der Waals surface area contributed by atoms with Crippen molar-refractivity contribution in [2.45, 2.75) is 45.5 Å². The predicted octanol–water partition coefficient (Wildman–Crippen LogP) is 3.01. The minimum Gasteiger partial charge on any atom is -0.444 e. The molecule has 1 rings (SSSR count). The summed E-state index contributed by atoms with van der Waals surface area (Å²) < 4.78 is 42.1. The molecule has 0 aliphatic carbocycles. The molecule has 1 aromatic rings. The van der Waals surface area contributed by atoms with Crippen molar-refractivity contribution in [2.75, 3.05) is 0 Å². The number of H-pyrrole nitrogens is 1. The summed E-state index contributed by atoms with van der Waals surface area (Å²) in [4.78, 5) is 17.1. The molecule has 1 heterocycles. The minimum atomic E-state index is -4.49. The maximum Gasteiger partial charge on any atom is 0.432 e. The summed E-state index contributed by atoms with van der Waals surface area (Å²) in [5.74, 6) is 0.0122. The molecule has 5 nitrogen and oxygen atoms in total. The van der Waals surface area contributed by atoms with Gasteiger partial charge in [-0.05, 0) is 27.7 Å². The highest BCUT2D eigenvalue weighted by Gasteiger charge is 2.33. The number of rotatable bonds is 2. The lowest BCUT2D eigenvalue weighted by molar-refractivity contribution is -0.140. The number of alkyl carbamates (subject to hydrolysis) is 1. The third kappa shape index (κ3) is 4.80. The second-order valence-electron chi connectivity index (χ2n) is 5.05. The Balaban J connectivity index is 2.66. The number of carbonyl (C=O) groups is 1. The molecule has 0 aromatic carbocycles. The molecular weight excluding hydrogens is 263 g/mol. The molecule has 0 radical (unpaired) electrons. The summed E-state index contributed by atoms with van der Waals surface area (Å²) in [7, 11) is 0. The van der Waals surface area contributed by atoms with Crippen LogP contribution in [0.1, 0.15) is 45.3 Å². The van der Waals surface area contributed by atoms with Crippen LogP contribution in [-0.4, -0.2) is 21.7 Å². The van der Waals surface area contributed by atoms with Crippen molar-refractivity contribution in [1.29, 1.82) is 0 Å². The molecule has 108 valence electrons. The molecule has 1 atom stereocenters. The first-order valence-corrected chi connectivity index (χ1v) is 5.60. The summed E-state index contributed by atoms with van der Waals surface area (Å²) >= 11 is 0. The molecule has 0 fully saturated rings. The van der Waals surface area contributed by atoms with E-state index in [4.69, 9.17) is 4.74 Å². The maximum atomic E-state index is 12.4. The number of ether oxygens (including phenoxy) is 1. The van der Waals surface area contributed by atoms with Crippen molar-refractivity contribution >= 4 is 6.09 Å². The monoisotopic (exact) mass is 279 g/mol. The van der Waals surface area contributed by atoms with Crippen LogP contribution in [0.15, 0.2) is 6.20 Å². The first-order valence-electron chi connectivity index (χ1n) is 5.60. The van der Waals surface area contributed by atoms with E-state index in [1.807, 2.05) is 0 Å². The molecular formula is C11H16F3N3O2. The lowest BCUT2D eigenvalue weighted by atomic mass is 10.2. The maximum absolute atomic E-state index is 12.4. The van der Waals surface area contributed by atoms with Gasteiger partial charge in [-0.2, -0.15) is 13.2 Å². The first kappa shape index (κ1) is 15.3. The molecule has 0 spiro atoms. The molecule has 0 aliphatic heterocycles. The highest BCUT2D eigenvalue weighted by Crippen LogP contribution is 2.28. The predicted molar refractivity (Wildman–Crippen MR) is 61.4 cm³/mol. The van der Waals surface area contributed by atoms with Crippen LogP contribution in [-0.2, 0) is 10.9 Å². The molecule has 0 aliphatic rings. The van der Waals surface area contributed by atoms with E-state index in [1.165, 1.54) is 6.92 Å². The van der Waals surface area contributed by atoms with Gasteiger partial charge in [0.05, 0.1) is 12.2 Å². The second kappa shape index (κ2) is 5.10. The zero-order chi connectivity index (χ0) is 14.8. The average Bonchev–Trinajstić information content (AvgIpc) is 2.61. The number of nitrogens with one attached hydrogen (secondary N) is 2. The number of alkyl halides is 3. The van der Waals surface area contributed by atoms with Crippen molar-refractivity contribution in [1.82, 2.24) is 15.3 Å². The van der Waals surface area contributed by atoms with Gasteiger partial charge in [-0.3, -0.25) is 0 Å². The van der Waals surface area contributed by atoms with Gasteiger partial charge in [0.15, 0.2) is 0 Å². The van der Waals surface area contributed by atoms with E-state index < -0.39 is 29.6 Å². The Morgan fingerprint density at radius 1 is 1.42 bits per heavy atom. The Kier molecular flexibility index (Phi) is 4.12. The fourth-order valence-corrected chi connectivity index (χ4v) is 1.25. The molecule has 1 aromatic heterocycles. The first-order chi connectivity index (χ1) is 8.49. The fraction of sp³-hybridized carbons (Fsp3) is 0.636. The van der Waals surface area contributed by atoms with Crippen molar-refractivity contribution in [3.05, 3.63) is 17.7 Å². The van der Waals surface area contributed by atoms with Crippen molar-refractivity contribution in [3.63, 3.8) is 0 Å². The van der Waals surface area contributed by atoms with Crippen molar-refractivity contribution in [3.8, 4) is 0 Å². The number of aromatic nitrogens is 2. The number of carbonyl (C=O) groups excluding carboxylic acids is 1. The minimum absolute atomic E-state index is 0.0122. The van der Waals surface area contributed by atoms with Crippen LogP contribution in [0.2, 0.25) is 0 Å². The normalized spacial score (nSPS) is 14.1. The van der Waals surface area contributed by atoms with E-state index in [-0.39, 0.29) is 5.82 Å². The number of hydrogen-bond acceptors (Lipinski definition) is 3. The van der Waals surface area contributed by atoms with E-state index in [9.17, 15) is 18.0 Å². The van der Waals surface area contributed by atoms with Crippen LogP contribution in [0.5, 0.6) is 0 Å². The molecule has 0 bridgehead atoms. The molecule has 8 heteroatoms. The molecule has 1 amide bonds. The summed E-state index contributed by atoms with van der Waals surface area (Å²) in [6.45, 7) is 6.56. The summed E-state index contributed by atoms with van der Waals surface area (Å²) in [6, 6.07) is -0.717. The number of aromatic amines is 1. The van der Waals surface area contributed by atoms with E-state index in [1.54, 1.807) is 20.8 Å². The van der Waals surface area contributed by atoms with Crippen molar-refractivity contribution < 1.29 is 22.7 Å².